The lowest BCUT2D eigenvalue weighted by molar-refractivity contribution is -0.125. The third-order valence-corrected chi connectivity index (χ3v) is 8.71. The fraction of sp³-hybridized carbons (Fsp3) is 0.360. The van der Waals surface area contributed by atoms with E-state index >= 15 is 0 Å². The molecular weight excluding hydrogens is 512 g/mol. The SMILES string of the molecule is NS(=O)(=O)c1nc2ccc(OCc3cn(C(Cc4ccccc4)C(=O)NC4CCCCC4)nn3)cc2s1. The van der Waals surface area contributed by atoms with Crippen molar-refractivity contribution < 1.29 is 17.9 Å². The number of ether oxygens (including phenoxy) is 1. The highest BCUT2D eigenvalue weighted by molar-refractivity contribution is 7.91. The Kier molecular flexibility index (Phi) is 7.49. The maximum absolute atomic E-state index is 13.3. The van der Waals surface area contributed by atoms with Crippen LogP contribution in [0.3, 0.4) is 0 Å². The lowest BCUT2D eigenvalue weighted by atomic mass is 9.95. The summed E-state index contributed by atoms with van der Waals surface area (Å²) in [4.78, 5) is 17.4. The molecule has 0 spiro atoms. The van der Waals surface area contributed by atoms with Crippen LogP contribution in [-0.2, 0) is 27.8 Å². The third-order valence-electron chi connectivity index (χ3n) is 6.37. The van der Waals surface area contributed by atoms with Gasteiger partial charge in [-0.25, -0.2) is 23.2 Å². The molecule has 0 saturated heterocycles. The first-order valence-electron chi connectivity index (χ1n) is 12.2. The zero-order chi connectivity index (χ0) is 25.8. The van der Waals surface area contributed by atoms with Gasteiger partial charge in [-0.15, -0.1) is 16.4 Å². The number of benzene rings is 2. The third kappa shape index (κ3) is 6.32. The molecule has 1 amide bonds. The second-order valence-corrected chi connectivity index (χ2v) is 11.9. The second kappa shape index (κ2) is 11.0. The van der Waals surface area contributed by atoms with Crippen LogP contribution in [0.1, 0.15) is 49.4 Å². The molecule has 1 unspecified atom stereocenters. The number of thiazole rings is 1. The zero-order valence-electron chi connectivity index (χ0n) is 20.1. The summed E-state index contributed by atoms with van der Waals surface area (Å²) in [5, 5.41) is 16.9. The van der Waals surface area contributed by atoms with E-state index in [0.29, 0.717) is 28.1 Å². The number of nitrogens with one attached hydrogen (secondary N) is 1. The van der Waals surface area contributed by atoms with Gasteiger partial charge in [0, 0.05) is 12.5 Å². The van der Waals surface area contributed by atoms with E-state index in [4.69, 9.17) is 9.88 Å². The van der Waals surface area contributed by atoms with Crippen molar-refractivity contribution in [2.24, 2.45) is 5.14 Å². The van der Waals surface area contributed by atoms with Crippen molar-refractivity contribution in [1.29, 1.82) is 0 Å². The Balaban J connectivity index is 1.29. The maximum Gasteiger partial charge on any atom is 0.265 e. The predicted molar refractivity (Wildman–Crippen MR) is 140 cm³/mol. The molecule has 2 heterocycles. The quantitative estimate of drug-likeness (QED) is 0.331. The molecule has 2 aromatic carbocycles. The minimum Gasteiger partial charge on any atom is -0.487 e. The highest BCUT2D eigenvalue weighted by atomic mass is 32.2. The monoisotopic (exact) mass is 540 g/mol. The first-order valence-corrected chi connectivity index (χ1v) is 14.5. The van der Waals surface area contributed by atoms with Crippen molar-refractivity contribution in [2.75, 3.05) is 0 Å². The first kappa shape index (κ1) is 25.3. The summed E-state index contributed by atoms with van der Waals surface area (Å²) >= 11 is 0.986. The summed E-state index contributed by atoms with van der Waals surface area (Å²) in [6.07, 6.45) is 7.73. The van der Waals surface area contributed by atoms with Gasteiger partial charge in [-0.2, -0.15) is 0 Å². The second-order valence-electron chi connectivity index (χ2n) is 9.18. The molecule has 0 radical (unpaired) electrons. The van der Waals surface area contributed by atoms with Crippen molar-refractivity contribution in [3.63, 3.8) is 0 Å². The number of nitrogens with zero attached hydrogens (tertiary/aromatic N) is 4. The maximum atomic E-state index is 13.3. The lowest BCUT2D eigenvalue weighted by Gasteiger charge is -2.25. The number of amides is 1. The molecule has 5 rings (SSSR count). The number of fused-ring (bicyclic) bond motifs is 1. The summed E-state index contributed by atoms with van der Waals surface area (Å²) in [7, 11) is -3.86. The average molecular weight is 541 g/mol. The van der Waals surface area contributed by atoms with Crippen LogP contribution in [0.25, 0.3) is 10.2 Å². The van der Waals surface area contributed by atoms with Crippen LogP contribution in [0.5, 0.6) is 5.75 Å². The zero-order valence-corrected chi connectivity index (χ0v) is 21.7. The number of hydrogen-bond donors (Lipinski definition) is 2. The molecule has 10 nitrogen and oxygen atoms in total. The minimum atomic E-state index is -3.86. The van der Waals surface area contributed by atoms with E-state index in [1.165, 1.54) is 6.42 Å². The average Bonchev–Trinajstić information content (AvgIpc) is 3.54. The first-order chi connectivity index (χ1) is 17.8. The normalized spacial score (nSPS) is 15.5. The van der Waals surface area contributed by atoms with E-state index in [1.54, 1.807) is 29.1 Å². The molecule has 0 aliphatic heterocycles. The molecule has 1 saturated carbocycles. The van der Waals surface area contributed by atoms with E-state index < -0.39 is 16.1 Å². The molecule has 1 fully saturated rings. The number of hydrogen-bond acceptors (Lipinski definition) is 8. The van der Waals surface area contributed by atoms with Gasteiger partial charge >= 0.3 is 0 Å². The van der Waals surface area contributed by atoms with Crippen LogP contribution in [-0.4, -0.2) is 40.3 Å². The summed E-state index contributed by atoms with van der Waals surface area (Å²) < 4.78 is 31.1. The number of primary sulfonamides is 1. The van der Waals surface area contributed by atoms with Crippen LogP contribution in [0.4, 0.5) is 0 Å². The van der Waals surface area contributed by atoms with Crippen molar-refractivity contribution >= 4 is 37.5 Å². The Morgan fingerprint density at radius 1 is 1.16 bits per heavy atom. The van der Waals surface area contributed by atoms with Gasteiger partial charge < -0.3 is 10.1 Å². The molecule has 3 N–H and O–H groups in total. The van der Waals surface area contributed by atoms with Gasteiger partial charge in [-0.1, -0.05) is 54.8 Å². The van der Waals surface area contributed by atoms with Crippen molar-refractivity contribution in [1.82, 2.24) is 25.3 Å². The smallest absolute Gasteiger partial charge is 0.265 e. The van der Waals surface area contributed by atoms with E-state index in [0.717, 1.165) is 42.6 Å². The van der Waals surface area contributed by atoms with Crippen molar-refractivity contribution in [3.8, 4) is 5.75 Å². The predicted octanol–water partition coefficient (Wildman–Crippen LogP) is 3.35. The van der Waals surface area contributed by atoms with Crippen LogP contribution in [0.15, 0.2) is 59.1 Å². The topological polar surface area (TPSA) is 142 Å². The van der Waals surface area contributed by atoms with Crippen LogP contribution in [0.2, 0.25) is 0 Å². The van der Waals surface area contributed by atoms with E-state index in [9.17, 15) is 13.2 Å². The van der Waals surface area contributed by atoms with Gasteiger partial charge in [-0.05, 0) is 36.6 Å². The van der Waals surface area contributed by atoms with Crippen LogP contribution < -0.4 is 15.2 Å². The van der Waals surface area contributed by atoms with Crippen molar-refractivity contribution in [2.45, 2.75) is 61.6 Å². The van der Waals surface area contributed by atoms with Gasteiger partial charge in [0.15, 0.2) is 0 Å². The largest absolute Gasteiger partial charge is 0.487 e. The standard InChI is InChI=1S/C25H28N6O4S2/c26-37(33,34)25-28-21-12-11-20(14-23(21)36-25)35-16-19-15-31(30-29-19)22(13-17-7-3-1-4-8-17)24(32)27-18-9-5-2-6-10-18/h1,3-4,7-8,11-12,14-15,18,22H,2,5-6,9-10,13,16H2,(H,27,32)(H2,26,33,34). The lowest BCUT2D eigenvalue weighted by Crippen LogP contribution is -2.41. The summed E-state index contributed by atoms with van der Waals surface area (Å²) in [5.74, 6) is 0.469. The molecule has 1 atom stereocenters. The molecular formula is C25H28N6O4S2. The fourth-order valence-electron chi connectivity index (χ4n) is 4.47. The van der Waals surface area contributed by atoms with Gasteiger partial charge in [0.05, 0.1) is 16.4 Å². The van der Waals surface area contributed by atoms with Crippen LogP contribution in [0, 0.1) is 0 Å². The Morgan fingerprint density at radius 2 is 1.95 bits per heavy atom. The number of sulfonamides is 1. The highest BCUT2D eigenvalue weighted by Crippen LogP contribution is 2.28. The molecule has 37 heavy (non-hydrogen) atoms. The number of carbonyl (C=O) groups excluding carboxylic acids is 1. The Morgan fingerprint density at radius 3 is 2.70 bits per heavy atom. The molecule has 2 aromatic heterocycles. The van der Waals surface area contributed by atoms with E-state index in [1.807, 2.05) is 30.3 Å². The van der Waals surface area contributed by atoms with E-state index in [-0.39, 0.29) is 22.9 Å². The number of nitrogens with two attached hydrogens (primary N) is 1. The summed E-state index contributed by atoms with van der Waals surface area (Å²) in [6.45, 7) is 0.134. The fourth-order valence-corrected chi connectivity index (χ4v) is 6.16. The number of aromatic nitrogens is 4. The number of carbonyl (C=O) groups is 1. The Bertz CT molecular complexity index is 1480. The van der Waals surface area contributed by atoms with Gasteiger partial charge in [0.1, 0.15) is 24.1 Å². The number of rotatable bonds is 9. The molecule has 12 heteroatoms. The molecule has 1 aliphatic rings. The Labute approximate surface area is 218 Å². The van der Waals surface area contributed by atoms with Crippen molar-refractivity contribution in [3.05, 3.63) is 66.0 Å². The van der Waals surface area contributed by atoms with Crippen LogP contribution >= 0.6 is 11.3 Å². The van der Waals surface area contributed by atoms with E-state index in [2.05, 4.69) is 20.6 Å². The van der Waals surface area contributed by atoms with Gasteiger partial charge in [0.25, 0.3) is 10.0 Å². The van der Waals surface area contributed by atoms with Gasteiger partial charge in [-0.3, -0.25) is 4.79 Å². The highest BCUT2D eigenvalue weighted by Gasteiger charge is 2.26. The molecule has 194 valence electrons. The molecule has 1 aliphatic carbocycles. The summed E-state index contributed by atoms with van der Waals surface area (Å²) in [5.41, 5.74) is 2.13. The summed E-state index contributed by atoms with van der Waals surface area (Å²) in [6, 6.07) is 14.6. The Hall–Kier alpha value is -3.35. The molecule has 4 aromatic rings. The van der Waals surface area contributed by atoms with Gasteiger partial charge in [0.2, 0.25) is 10.2 Å². The minimum absolute atomic E-state index is 0.0607. The molecule has 0 bridgehead atoms.